The van der Waals surface area contributed by atoms with Gasteiger partial charge in [-0.15, -0.1) is 0 Å². The van der Waals surface area contributed by atoms with Gasteiger partial charge in [0.25, 0.3) is 0 Å². The van der Waals surface area contributed by atoms with Gasteiger partial charge < -0.3 is 14.8 Å². The molecule has 2 rings (SSSR count). The lowest BCUT2D eigenvalue weighted by molar-refractivity contribution is 0.0347. The Hall–Kier alpha value is -1.36. The maximum atomic E-state index is 5.85. The quantitative estimate of drug-likeness (QED) is 0.768. The molecule has 5 nitrogen and oxygen atoms in total. The Kier molecular flexibility index (Phi) is 5.88. The lowest BCUT2D eigenvalue weighted by Crippen LogP contribution is -2.20. The van der Waals surface area contributed by atoms with E-state index in [1.807, 2.05) is 13.0 Å². The number of hydrogen-bond acceptors (Lipinski definition) is 5. The molecular weight excluding hydrogens is 242 g/mol. The van der Waals surface area contributed by atoms with Crippen LogP contribution in [0.2, 0.25) is 0 Å². The van der Waals surface area contributed by atoms with E-state index in [9.17, 15) is 0 Å². The van der Waals surface area contributed by atoms with Crippen LogP contribution < -0.4 is 10.1 Å². The van der Waals surface area contributed by atoms with E-state index in [2.05, 4.69) is 15.3 Å². The molecule has 1 aromatic rings. The summed E-state index contributed by atoms with van der Waals surface area (Å²) < 4.78 is 11.2. The van der Waals surface area contributed by atoms with Gasteiger partial charge in [-0.3, -0.25) is 0 Å². The number of aromatic nitrogens is 2. The number of ether oxygens (including phenoxy) is 2. The minimum atomic E-state index is 0.458. The van der Waals surface area contributed by atoms with Gasteiger partial charge in [-0.2, -0.15) is 0 Å². The SMILES string of the molecule is CCOc1cc(NCCOC2CCCCC2)ncn1. The van der Waals surface area contributed by atoms with E-state index >= 15 is 0 Å². The van der Waals surface area contributed by atoms with Crippen molar-refractivity contribution in [3.05, 3.63) is 12.4 Å². The molecule has 1 saturated carbocycles. The number of nitrogens with one attached hydrogen (secondary N) is 1. The molecule has 0 radical (unpaired) electrons. The van der Waals surface area contributed by atoms with Gasteiger partial charge in [0.15, 0.2) is 0 Å². The molecule has 106 valence electrons. The van der Waals surface area contributed by atoms with Gasteiger partial charge in [-0.1, -0.05) is 19.3 Å². The van der Waals surface area contributed by atoms with Gasteiger partial charge in [-0.25, -0.2) is 9.97 Å². The zero-order valence-electron chi connectivity index (χ0n) is 11.6. The molecule has 0 aliphatic heterocycles. The van der Waals surface area contributed by atoms with Crippen molar-refractivity contribution in [1.29, 1.82) is 0 Å². The standard InChI is InChI=1S/C14H23N3O2/c1-2-18-14-10-13(16-11-17-14)15-8-9-19-12-6-4-3-5-7-12/h10-12H,2-9H2,1H3,(H,15,16,17). The predicted octanol–water partition coefficient (Wildman–Crippen LogP) is 2.64. The summed E-state index contributed by atoms with van der Waals surface area (Å²) in [6.45, 7) is 4.03. The summed E-state index contributed by atoms with van der Waals surface area (Å²) in [5.74, 6) is 1.39. The Labute approximate surface area is 114 Å². The number of nitrogens with zero attached hydrogens (tertiary/aromatic N) is 2. The number of hydrogen-bond donors (Lipinski definition) is 1. The van der Waals surface area contributed by atoms with Gasteiger partial charge in [0, 0.05) is 12.6 Å². The van der Waals surface area contributed by atoms with Crippen LogP contribution in [0.25, 0.3) is 0 Å². The van der Waals surface area contributed by atoms with Crippen LogP contribution >= 0.6 is 0 Å². The molecule has 5 heteroatoms. The third-order valence-corrected chi connectivity index (χ3v) is 3.25. The smallest absolute Gasteiger partial charge is 0.218 e. The van der Waals surface area contributed by atoms with Crippen molar-refractivity contribution in [3.8, 4) is 5.88 Å². The highest BCUT2D eigenvalue weighted by molar-refractivity contribution is 5.36. The molecule has 1 heterocycles. The largest absolute Gasteiger partial charge is 0.478 e. The first-order valence-corrected chi connectivity index (χ1v) is 7.19. The van der Waals surface area contributed by atoms with Crippen molar-refractivity contribution >= 4 is 5.82 Å². The zero-order chi connectivity index (χ0) is 13.3. The molecule has 0 spiro atoms. The second-order valence-corrected chi connectivity index (χ2v) is 4.73. The fourth-order valence-electron chi connectivity index (χ4n) is 2.30. The van der Waals surface area contributed by atoms with E-state index in [1.54, 1.807) is 0 Å². The minimum absolute atomic E-state index is 0.458. The van der Waals surface area contributed by atoms with Gasteiger partial charge in [-0.05, 0) is 19.8 Å². The molecule has 1 aliphatic rings. The lowest BCUT2D eigenvalue weighted by Gasteiger charge is -2.22. The molecule has 1 aromatic heterocycles. The molecule has 0 amide bonds. The minimum Gasteiger partial charge on any atom is -0.478 e. The summed E-state index contributed by atoms with van der Waals surface area (Å²) in [5.41, 5.74) is 0. The summed E-state index contributed by atoms with van der Waals surface area (Å²) in [7, 11) is 0. The molecule has 0 aromatic carbocycles. The molecule has 0 bridgehead atoms. The van der Waals surface area contributed by atoms with Crippen molar-refractivity contribution in [2.24, 2.45) is 0 Å². The molecule has 0 unspecified atom stereocenters. The summed E-state index contributed by atoms with van der Waals surface area (Å²) in [5, 5.41) is 3.23. The third-order valence-electron chi connectivity index (χ3n) is 3.25. The normalized spacial score (nSPS) is 16.3. The van der Waals surface area contributed by atoms with Gasteiger partial charge in [0.05, 0.1) is 19.3 Å². The maximum Gasteiger partial charge on any atom is 0.218 e. The molecule has 0 saturated heterocycles. The van der Waals surface area contributed by atoms with Crippen LogP contribution in [-0.4, -0.2) is 35.8 Å². The highest BCUT2D eigenvalue weighted by Crippen LogP contribution is 2.20. The topological polar surface area (TPSA) is 56.3 Å². The fraction of sp³-hybridized carbons (Fsp3) is 0.714. The van der Waals surface area contributed by atoms with Crippen molar-refractivity contribution < 1.29 is 9.47 Å². The first-order valence-electron chi connectivity index (χ1n) is 7.19. The Morgan fingerprint density at radius 1 is 1.26 bits per heavy atom. The van der Waals surface area contributed by atoms with Crippen LogP contribution in [0.3, 0.4) is 0 Å². The summed E-state index contributed by atoms with van der Waals surface area (Å²) in [6, 6.07) is 1.81. The van der Waals surface area contributed by atoms with E-state index in [0.29, 0.717) is 18.6 Å². The lowest BCUT2D eigenvalue weighted by atomic mass is 9.98. The Balaban J connectivity index is 1.65. The first-order chi connectivity index (χ1) is 9.38. The fourth-order valence-corrected chi connectivity index (χ4v) is 2.30. The number of anilines is 1. The van der Waals surface area contributed by atoms with E-state index < -0.39 is 0 Å². The first kappa shape index (κ1) is 14.1. The highest BCUT2D eigenvalue weighted by atomic mass is 16.5. The van der Waals surface area contributed by atoms with Crippen molar-refractivity contribution in [2.75, 3.05) is 25.1 Å². The van der Waals surface area contributed by atoms with Crippen LogP contribution in [0.5, 0.6) is 5.88 Å². The second-order valence-electron chi connectivity index (χ2n) is 4.73. The monoisotopic (exact) mass is 265 g/mol. The summed E-state index contributed by atoms with van der Waals surface area (Å²) in [4.78, 5) is 8.17. The van der Waals surface area contributed by atoms with E-state index in [4.69, 9.17) is 9.47 Å². The van der Waals surface area contributed by atoms with E-state index in [0.717, 1.165) is 19.0 Å². The summed E-state index contributed by atoms with van der Waals surface area (Å²) >= 11 is 0. The highest BCUT2D eigenvalue weighted by Gasteiger charge is 2.12. The molecule has 1 N–H and O–H groups in total. The van der Waals surface area contributed by atoms with E-state index in [-0.39, 0.29) is 0 Å². The number of rotatable bonds is 7. The Bertz CT molecular complexity index is 367. The van der Waals surface area contributed by atoms with E-state index in [1.165, 1.54) is 38.4 Å². The average Bonchev–Trinajstić information content (AvgIpc) is 2.46. The van der Waals surface area contributed by atoms with Crippen LogP contribution in [-0.2, 0) is 4.74 Å². The van der Waals surface area contributed by atoms with Crippen LogP contribution in [0.15, 0.2) is 12.4 Å². The van der Waals surface area contributed by atoms with Gasteiger partial charge >= 0.3 is 0 Å². The zero-order valence-corrected chi connectivity index (χ0v) is 11.6. The van der Waals surface area contributed by atoms with Gasteiger partial charge in [0.1, 0.15) is 12.1 Å². The Morgan fingerprint density at radius 3 is 2.89 bits per heavy atom. The molecule has 0 atom stereocenters. The second kappa shape index (κ2) is 7.94. The van der Waals surface area contributed by atoms with Crippen LogP contribution in [0.1, 0.15) is 39.0 Å². The average molecular weight is 265 g/mol. The molecule has 19 heavy (non-hydrogen) atoms. The molecule has 1 fully saturated rings. The maximum absolute atomic E-state index is 5.85. The van der Waals surface area contributed by atoms with Crippen molar-refractivity contribution in [2.45, 2.75) is 45.1 Å². The van der Waals surface area contributed by atoms with Crippen molar-refractivity contribution in [1.82, 2.24) is 9.97 Å². The molecule has 1 aliphatic carbocycles. The molecular formula is C14H23N3O2. The van der Waals surface area contributed by atoms with Crippen LogP contribution in [0.4, 0.5) is 5.82 Å². The predicted molar refractivity (Wildman–Crippen MR) is 74.5 cm³/mol. The van der Waals surface area contributed by atoms with Crippen molar-refractivity contribution in [3.63, 3.8) is 0 Å². The summed E-state index contributed by atoms with van der Waals surface area (Å²) in [6.07, 6.45) is 8.36. The Morgan fingerprint density at radius 2 is 2.11 bits per heavy atom. The van der Waals surface area contributed by atoms with Gasteiger partial charge in [0.2, 0.25) is 5.88 Å². The third kappa shape index (κ3) is 5.03. The van der Waals surface area contributed by atoms with Crippen LogP contribution in [0, 0.1) is 0 Å².